The second-order valence-electron chi connectivity index (χ2n) is 7.31. The molecule has 0 spiro atoms. The molecule has 6 nitrogen and oxygen atoms in total. The monoisotopic (exact) mass is 406 g/mol. The van der Waals surface area contributed by atoms with Crippen LogP contribution in [0.2, 0.25) is 0 Å². The molecule has 9 heteroatoms. The highest BCUT2D eigenvalue weighted by atomic mass is 19.4. The Kier molecular flexibility index (Phi) is 5.29. The van der Waals surface area contributed by atoms with Crippen molar-refractivity contribution >= 4 is 11.6 Å². The maximum absolute atomic E-state index is 13.6. The molecule has 0 unspecified atom stereocenters. The van der Waals surface area contributed by atoms with Gasteiger partial charge in [-0.1, -0.05) is 32.1 Å². The zero-order chi connectivity index (χ0) is 20.4. The largest absolute Gasteiger partial charge is 0.463 e. The normalized spacial score (nSPS) is 16.5. The van der Waals surface area contributed by atoms with Crippen LogP contribution in [-0.4, -0.2) is 26.5 Å². The number of hydrogen-bond acceptors (Lipinski definition) is 4. The van der Waals surface area contributed by atoms with Crippen molar-refractivity contribution in [2.24, 2.45) is 0 Å². The Hall–Kier alpha value is -2.84. The Bertz CT molecular complexity index is 987. The molecule has 3 aromatic rings. The summed E-state index contributed by atoms with van der Waals surface area (Å²) in [6.45, 7) is 0. The van der Waals surface area contributed by atoms with Crippen LogP contribution in [0.25, 0.3) is 17.1 Å². The molecule has 1 amide bonds. The van der Waals surface area contributed by atoms with Gasteiger partial charge in [0.2, 0.25) is 0 Å². The molecule has 0 aliphatic heterocycles. The summed E-state index contributed by atoms with van der Waals surface area (Å²) in [5.41, 5.74) is -1.14. The molecule has 4 rings (SSSR count). The molecular weight excluding hydrogens is 385 g/mol. The van der Waals surface area contributed by atoms with Gasteiger partial charge in [0.25, 0.3) is 5.91 Å². The number of rotatable bonds is 3. The third-order valence-electron chi connectivity index (χ3n) is 5.22. The quantitative estimate of drug-likeness (QED) is 0.675. The Morgan fingerprint density at radius 2 is 1.90 bits per heavy atom. The fourth-order valence-corrected chi connectivity index (χ4v) is 3.74. The summed E-state index contributed by atoms with van der Waals surface area (Å²) in [6, 6.07) is 3.96. The van der Waals surface area contributed by atoms with Gasteiger partial charge in [0.1, 0.15) is 11.3 Å². The molecule has 0 bridgehead atoms. The summed E-state index contributed by atoms with van der Waals surface area (Å²) in [5, 5.41) is 6.75. The van der Waals surface area contributed by atoms with Gasteiger partial charge < -0.3 is 9.73 Å². The number of hydrogen-bond donors (Lipinski definition) is 1. The lowest BCUT2D eigenvalue weighted by molar-refractivity contribution is -0.142. The molecule has 1 aliphatic carbocycles. The van der Waals surface area contributed by atoms with E-state index >= 15 is 0 Å². The number of fused-ring (bicyclic) bond motifs is 1. The van der Waals surface area contributed by atoms with Gasteiger partial charge in [-0.3, -0.25) is 4.79 Å². The van der Waals surface area contributed by atoms with Crippen molar-refractivity contribution in [1.82, 2.24) is 19.9 Å². The predicted molar refractivity (Wildman–Crippen MR) is 99.3 cm³/mol. The van der Waals surface area contributed by atoms with Crippen LogP contribution in [0.15, 0.2) is 35.1 Å². The molecule has 29 heavy (non-hydrogen) atoms. The average molecular weight is 406 g/mol. The van der Waals surface area contributed by atoms with Crippen molar-refractivity contribution < 1.29 is 22.4 Å². The van der Waals surface area contributed by atoms with Crippen LogP contribution in [0.3, 0.4) is 0 Å². The molecule has 0 aromatic carbocycles. The van der Waals surface area contributed by atoms with E-state index in [1.54, 1.807) is 6.07 Å². The highest BCUT2D eigenvalue weighted by Gasteiger charge is 2.36. The number of furan rings is 1. The maximum atomic E-state index is 13.6. The van der Waals surface area contributed by atoms with Crippen LogP contribution < -0.4 is 5.32 Å². The standard InChI is InChI=1S/C20H21F3N4O2/c21-20(22,23)17-11-15(16-9-6-10-29-16)26-18-14(12-24-27(17)18)19(28)25-13-7-4-2-1-3-5-8-13/h6,9-13H,1-5,7-8H2,(H,25,28). The third kappa shape index (κ3) is 4.13. The van der Waals surface area contributed by atoms with Crippen LogP contribution in [0, 0.1) is 0 Å². The smallest absolute Gasteiger partial charge is 0.433 e. The Labute approximate surface area is 165 Å². The zero-order valence-electron chi connectivity index (χ0n) is 15.7. The van der Waals surface area contributed by atoms with E-state index in [1.807, 2.05) is 0 Å². The molecule has 1 fully saturated rings. The summed E-state index contributed by atoms with van der Waals surface area (Å²) >= 11 is 0. The first-order chi connectivity index (χ1) is 13.9. The van der Waals surface area contributed by atoms with E-state index in [1.165, 1.54) is 18.8 Å². The first-order valence-electron chi connectivity index (χ1n) is 9.74. The van der Waals surface area contributed by atoms with E-state index in [4.69, 9.17) is 4.42 Å². The minimum atomic E-state index is -4.66. The van der Waals surface area contributed by atoms with Crippen LogP contribution in [0.1, 0.15) is 61.0 Å². The molecule has 1 aliphatic rings. The number of aromatic nitrogens is 3. The summed E-state index contributed by atoms with van der Waals surface area (Å²) in [5.74, 6) is -0.270. The van der Waals surface area contributed by atoms with Gasteiger partial charge in [-0.2, -0.15) is 18.3 Å². The van der Waals surface area contributed by atoms with Crippen molar-refractivity contribution in [3.63, 3.8) is 0 Å². The lowest BCUT2D eigenvalue weighted by Gasteiger charge is -2.20. The molecule has 0 radical (unpaired) electrons. The van der Waals surface area contributed by atoms with E-state index < -0.39 is 17.8 Å². The Balaban J connectivity index is 1.71. The summed E-state index contributed by atoms with van der Waals surface area (Å²) in [7, 11) is 0. The van der Waals surface area contributed by atoms with Crippen LogP contribution in [-0.2, 0) is 6.18 Å². The predicted octanol–water partition coefficient (Wildman–Crippen LogP) is 4.85. The number of halogens is 3. The van der Waals surface area contributed by atoms with Crippen LogP contribution in [0.5, 0.6) is 0 Å². The highest BCUT2D eigenvalue weighted by molar-refractivity contribution is 6.00. The minimum Gasteiger partial charge on any atom is -0.463 e. The Morgan fingerprint density at radius 3 is 2.55 bits per heavy atom. The fraction of sp³-hybridized carbons (Fsp3) is 0.450. The van der Waals surface area contributed by atoms with E-state index in [0.29, 0.717) is 4.52 Å². The first kappa shape index (κ1) is 19.5. The molecule has 1 N–H and O–H groups in total. The second-order valence-corrected chi connectivity index (χ2v) is 7.31. The van der Waals surface area contributed by atoms with Crippen LogP contribution >= 0.6 is 0 Å². The third-order valence-corrected chi connectivity index (χ3v) is 5.22. The summed E-state index contributed by atoms with van der Waals surface area (Å²) in [6.07, 6.45) is 5.08. The summed E-state index contributed by atoms with van der Waals surface area (Å²) < 4.78 is 46.6. The average Bonchev–Trinajstić information content (AvgIpc) is 3.31. The molecule has 3 heterocycles. The number of amides is 1. The zero-order valence-corrected chi connectivity index (χ0v) is 15.7. The number of carbonyl (C=O) groups excluding carboxylic acids is 1. The van der Waals surface area contributed by atoms with Crippen LogP contribution in [0.4, 0.5) is 13.2 Å². The van der Waals surface area contributed by atoms with Crippen molar-refractivity contribution in [2.45, 2.75) is 57.2 Å². The van der Waals surface area contributed by atoms with Crippen molar-refractivity contribution in [1.29, 1.82) is 0 Å². The van der Waals surface area contributed by atoms with Gasteiger partial charge in [0.15, 0.2) is 17.1 Å². The minimum absolute atomic E-state index is 0.00433. The molecule has 154 valence electrons. The first-order valence-corrected chi connectivity index (χ1v) is 9.74. The van der Waals surface area contributed by atoms with Gasteiger partial charge in [-0.05, 0) is 31.0 Å². The molecule has 1 saturated carbocycles. The number of carbonyl (C=O) groups is 1. The van der Waals surface area contributed by atoms with Gasteiger partial charge in [0.05, 0.1) is 12.5 Å². The Morgan fingerprint density at radius 1 is 1.17 bits per heavy atom. The molecule has 0 atom stereocenters. The van der Waals surface area contributed by atoms with E-state index in [9.17, 15) is 18.0 Å². The SMILES string of the molecule is O=C(NC1CCCCCCC1)c1cnn2c(C(F)(F)F)cc(-c3ccco3)nc12. The molecule has 3 aromatic heterocycles. The van der Waals surface area contributed by atoms with Crippen molar-refractivity contribution in [2.75, 3.05) is 0 Å². The number of nitrogens with one attached hydrogen (secondary N) is 1. The van der Waals surface area contributed by atoms with E-state index in [-0.39, 0.29) is 28.7 Å². The fourth-order valence-electron chi connectivity index (χ4n) is 3.74. The van der Waals surface area contributed by atoms with Gasteiger partial charge in [-0.25, -0.2) is 9.50 Å². The highest BCUT2D eigenvalue weighted by Crippen LogP contribution is 2.33. The number of nitrogens with zero attached hydrogens (tertiary/aromatic N) is 3. The maximum Gasteiger partial charge on any atom is 0.433 e. The molecular formula is C20H21F3N4O2. The van der Waals surface area contributed by atoms with Gasteiger partial charge >= 0.3 is 6.18 Å². The lowest BCUT2D eigenvalue weighted by atomic mass is 9.96. The van der Waals surface area contributed by atoms with Gasteiger partial charge in [-0.15, -0.1) is 0 Å². The van der Waals surface area contributed by atoms with E-state index in [2.05, 4.69) is 15.4 Å². The topological polar surface area (TPSA) is 72.4 Å². The lowest BCUT2D eigenvalue weighted by Crippen LogP contribution is -2.35. The summed E-state index contributed by atoms with van der Waals surface area (Å²) in [4.78, 5) is 17.1. The van der Waals surface area contributed by atoms with E-state index in [0.717, 1.165) is 50.8 Å². The number of alkyl halides is 3. The second kappa shape index (κ2) is 7.88. The van der Waals surface area contributed by atoms with Gasteiger partial charge in [0, 0.05) is 6.04 Å². The van der Waals surface area contributed by atoms with Crippen molar-refractivity contribution in [3.8, 4) is 11.5 Å². The van der Waals surface area contributed by atoms with Crippen molar-refractivity contribution in [3.05, 3.63) is 41.9 Å². The molecule has 0 saturated heterocycles.